The first-order valence-corrected chi connectivity index (χ1v) is 9.15. The molecule has 0 aliphatic heterocycles. The highest BCUT2D eigenvalue weighted by atomic mass is 16.5. The number of fused-ring (bicyclic) bond motifs is 1. The van der Waals surface area contributed by atoms with Crippen LogP contribution in [0.4, 0.5) is 11.5 Å². The Hall–Kier alpha value is -3.27. The average molecular weight is 357 g/mol. The van der Waals surface area contributed by atoms with Gasteiger partial charge in [-0.05, 0) is 43.7 Å². The second-order valence-electron chi connectivity index (χ2n) is 6.87. The fraction of sp³-hybridized carbons (Fsp3) is 0.174. The minimum Gasteiger partial charge on any atom is -0.491 e. The Balaban J connectivity index is 1.73. The van der Waals surface area contributed by atoms with Crippen molar-refractivity contribution in [3.63, 3.8) is 0 Å². The smallest absolute Gasteiger partial charge is 0.139 e. The molecule has 2 aromatic heterocycles. The van der Waals surface area contributed by atoms with Crippen molar-refractivity contribution in [2.75, 3.05) is 5.32 Å². The van der Waals surface area contributed by atoms with E-state index in [4.69, 9.17) is 4.74 Å². The van der Waals surface area contributed by atoms with Crippen LogP contribution in [0, 0.1) is 0 Å². The number of rotatable bonds is 5. The Kier molecular flexibility index (Phi) is 4.55. The van der Waals surface area contributed by atoms with Crippen molar-refractivity contribution in [1.82, 2.24) is 9.55 Å². The molecule has 4 heteroatoms. The predicted octanol–water partition coefficient (Wildman–Crippen LogP) is 5.77. The Morgan fingerprint density at radius 1 is 0.963 bits per heavy atom. The highest BCUT2D eigenvalue weighted by Crippen LogP contribution is 2.32. The van der Waals surface area contributed by atoms with Crippen molar-refractivity contribution < 1.29 is 4.74 Å². The van der Waals surface area contributed by atoms with Crippen molar-refractivity contribution in [3.05, 3.63) is 72.9 Å². The predicted molar refractivity (Wildman–Crippen MR) is 112 cm³/mol. The number of pyridine rings is 1. The van der Waals surface area contributed by atoms with Gasteiger partial charge in [-0.3, -0.25) is 0 Å². The SMILES string of the molecule is CC(C)Oc1cccc(Nc2nccc3c2cc(-c2ccccc2)n3C)c1. The maximum Gasteiger partial charge on any atom is 0.139 e. The minimum absolute atomic E-state index is 0.143. The molecule has 0 aliphatic rings. The topological polar surface area (TPSA) is 39.1 Å². The standard InChI is InChI=1S/C23H23N3O/c1-16(2)27-19-11-7-10-18(14-19)25-23-20-15-22(17-8-5-4-6-9-17)26(3)21(20)12-13-24-23/h4-16H,1-3H3,(H,24,25). The van der Waals surface area contributed by atoms with E-state index in [0.717, 1.165) is 28.2 Å². The number of anilines is 2. The van der Waals surface area contributed by atoms with Crippen LogP contribution in [-0.2, 0) is 7.05 Å². The normalized spacial score (nSPS) is 11.1. The Morgan fingerprint density at radius 3 is 2.56 bits per heavy atom. The van der Waals surface area contributed by atoms with Gasteiger partial charge in [-0.1, -0.05) is 36.4 Å². The highest BCUT2D eigenvalue weighted by Gasteiger charge is 2.12. The van der Waals surface area contributed by atoms with Gasteiger partial charge in [0.1, 0.15) is 11.6 Å². The fourth-order valence-corrected chi connectivity index (χ4v) is 3.30. The zero-order chi connectivity index (χ0) is 18.8. The lowest BCUT2D eigenvalue weighted by Gasteiger charge is -2.12. The monoisotopic (exact) mass is 357 g/mol. The summed E-state index contributed by atoms with van der Waals surface area (Å²) >= 11 is 0. The number of hydrogen-bond acceptors (Lipinski definition) is 3. The third kappa shape index (κ3) is 3.51. The second-order valence-corrected chi connectivity index (χ2v) is 6.87. The molecule has 0 atom stereocenters. The van der Waals surface area contributed by atoms with E-state index in [1.807, 2.05) is 56.4 Å². The first-order chi connectivity index (χ1) is 13.1. The van der Waals surface area contributed by atoms with E-state index in [0.29, 0.717) is 0 Å². The van der Waals surface area contributed by atoms with E-state index in [1.54, 1.807) is 0 Å². The first-order valence-electron chi connectivity index (χ1n) is 9.15. The quantitative estimate of drug-likeness (QED) is 0.493. The van der Waals surface area contributed by atoms with Gasteiger partial charge in [0.2, 0.25) is 0 Å². The summed E-state index contributed by atoms with van der Waals surface area (Å²) in [6, 6.07) is 22.6. The Morgan fingerprint density at radius 2 is 1.78 bits per heavy atom. The molecule has 4 aromatic rings. The van der Waals surface area contributed by atoms with Gasteiger partial charge in [0.25, 0.3) is 0 Å². The zero-order valence-corrected chi connectivity index (χ0v) is 15.8. The molecule has 2 aromatic carbocycles. The number of nitrogens with one attached hydrogen (secondary N) is 1. The summed E-state index contributed by atoms with van der Waals surface area (Å²) in [5.41, 5.74) is 4.45. The van der Waals surface area contributed by atoms with E-state index in [2.05, 4.69) is 52.2 Å². The molecule has 0 unspecified atom stereocenters. The van der Waals surface area contributed by atoms with Crippen molar-refractivity contribution >= 4 is 22.4 Å². The second kappa shape index (κ2) is 7.16. The van der Waals surface area contributed by atoms with E-state index in [9.17, 15) is 0 Å². The molecule has 27 heavy (non-hydrogen) atoms. The molecule has 0 bridgehead atoms. The molecule has 136 valence electrons. The van der Waals surface area contributed by atoms with Crippen molar-refractivity contribution in [1.29, 1.82) is 0 Å². The first kappa shape index (κ1) is 17.2. The van der Waals surface area contributed by atoms with E-state index in [-0.39, 0.29) is 6.10 Å². The Labute approximate surface area is 159 Å². The molecule has 4 nitrogen and oxygen atoms in total. The van der Waals surface area contributed by atoms with Crippen LogP contribution < -0.4 is 10.1 Å². The number of benzene rings is 2. The molecule has 0 aliphatic carbocycles. The third-order valence-electron chi connectivity index (χ3n) is 4.51. The number of aryl methyl sites for hydroxylation is 1. The van der Waals surface area contributed by atoms with E-state index >= 15 is 0 Å². The number of ether oxygens (including phenoxy) is 1. The van der Waals surface area contributed by atoms with Crippen LogP contribution >= 0.6 is 0 Å². The lowest BCUT2D eigenvalue weighted by molar-refractivity contribution is 0.242. The lowest BCUT2D eigenvalue weighted by atomic mass is 10.1. The Bertz CT molecular complexity index is 1070. The molecule has 0 saturated heterocycles. The molecule has 0 amide bonds. The van der Waals surface area contributed by atoms with Gasteiger partial charge in [0.15, 0.2) is 0 Å². The number of hydrogen-bond donors (Lipinski definition) is 1. The van der Waals surface area contributed by atoms with E-state index < -0.39 is 0 Å². The number of aromatic nitrogens is 2. The van der Waals surface area contributed by atoms with E-state index in [1.165, 1.54) is 11.3 Å². The molecule has 1 N–H and O–H groups in total. The van der Waals surface area contributed by atoms with Crippen LogP contribution in [0.15, 0.2) is 72.9 Å². The average Bonchev–Trinajstić information content (AvgIpc) is 3.00. The molecule has 0 radical (unpaired) electrons. The molecule has 0 saturated carbocycles. The van der Waals surface area contributed by atoms with Gasteiger partial charge in [-0.25, -0.2) is 4.98 Å². The summed E-state index contributed by atoms with van der Waals surface area (Å²) in [6.07, 6.45) is 1.98. The van der Waals surface area contributed by atoms with Crippen molar-refractivity contribution in [2.45, 2.75) is 20.0 Å². The summed E-state index contributed by atoms with van der Waals surface area (Å²) in [6.45, 7) is 4.05. The van der Waals surface area contributed by atoms with Crippen molar-refractivity contribution in [3.8, 4) is 17.0 Å². The number of nitrogens with zero attached hydrogens (tertiary/aromatic N) is 2. The van der Waals surface area contributed by atoms with Crippen LogP contribution in [0.25, 0.3) is 22.2 Å². The van der Waals surface area contributed by atoms with Crippen LogP contribution in [-0.4, -0.2) is 15.7 Å². The van der Waals surface area contributed by atoms with Gasteiger partial charge in [-0.2, -0.15) is 0 Å². The summed E-state index contributed by atoms with van der Waals surface area (Å²) in [7, 11) is 2.09. The molecule has 0 spiro atoms. The van der Waals surface area contributed by atoms with Crippen molar-refractivity contribution in [2.24, 2.45) is 7.05 Å². The summed E-state index contributed by atoms with van der Waals surface area (Å²) in [4.78, 5) is 4.58. The minimum atomic E-state index is 0.143. The summed E-state index contributed by atoms with van der Waals surface area (Å²) < 4.78 is 8.00. The fourth-order valence-electron chi connectivity index (χ4n) is 3.30. The van der Waals surface area contributed by atoms with Gasteiger partial charge in [0.05, 0.1) is 11.6 Å². The van der Waals surface area contributed by atoms with Gasteiger partial charge < -0.3 is 14.6 Å². The molecule has 2 heterocycles. The maximum atomic E-state index is 5.80. The molecular formula is C23H23N3O. The summed E-state index contributed by atoms with van der Waals surface area (Å²) in [5, 5.41) is 4.54. The molecule has 0 fully saturated rings. The molecular weight excluding hydrogens is 334 g/mol. The highest BCUT2D eigenvalue weighted by molar-refractivity contribution is 5.95. The van der Waals surface area contributed by atoms with Gasteiger partial charge >= 0.3 is 0 Å². The zero-order valence-electron chi connectivity index (χ0n) is 15.8. The lowest BCUT2D eigenvalue weighted by Crippen LogP contribution is -2.05. The van der Waals surface area contributed by atoms with Crippen LogP contribution in [0.5, 0.6) is 5.75 Å². The van der Waals surface area contributed by atoms with Gasteiger partial charge in [0, 0.05) is 36.1 Å². The van der Waals surface area contributed by atoms with Crippen LogP contribution in [0.2, 0.25) is 0 Å². The summed E-state index contributed by atoms with van der Waals surface area (Å²) in [5.74, 6) is 1.69. The molecule has 4 rings (SSSR count). The van der Waals surface area contributed by atoms with Crippen LogP contribution in [0.1, 0.15) is 13.8 Å². The van der Waals surface area contributed by atoms with Crippen LogP contribution in [0.3, 0.4) is 0 Å². The van der Waals surface area contributed by atoms with Gasteiger partial charge in [-0.15, -0.1) is 0 Å². The third-order valence-corrected chi connectivity index (χ3v) is 4.51. The maximum absolute atomic E-state index is 5.80. The largest absolute Gasteiger partial charge is 0.491 e.